The van der Waals surface area contributed by atoms with E-state index in [9.17, 15) is 9.59 Å². The maximum Gasteiger partial charge on any atom is 0.310 e. The van der Waals surface area contributed by atoms with Crippen LogP contribution < -0.4 is 5.32 Å². The fraction of sp³-hybridized carbons (Fsp3) is 0.182. The zero-order chi connectivity index (χ0) is 21.7. The van der Waals surface area contributed by atoms with Gasteiger partial charge in [0.25, 0.3) is 5.91 Å². The molecule has 1 aromatic heterocycles. The van der Waals surface area contributed by atoms with Crippen LogP contribution in [-0.2, 0) is 20.7 Å². The van der Waals surface area contributed by atoms with Crippen LogP contribution in [0.4, 0.5) is 5.69 Å². The number of anilines is 1. The zero-order valence-corrected chi connectivity index (χ0v) is 17.2. The fourth-order valence-corrected chi connectivity index (χ4v) is 3.20. The maximum absolute atomic E-state index is 12.3. The maximum atomic E-state index is 12.3. The van der Waals surface area contributed by atoms with Crippen LogP contribution in [0.25, 0.3) is 5.69 Å². The van der Waals surface area contributed by atoms with E-state index < -0.39 is 18.5 Å². The average Bonchev–Trinajstić information content (AvgIpc) is 3.01. The van der Waals surface area contributed by atoms with Crippen molar-refractivity contribution in [3.63, 3.8) is 0 Å². The van der Waals surface area contributed by atoms with Crippen LogP contribution in [0.2, 0.25) is 5.02 Å². The summed E-state index contributed by atoms with van der Waals surface area (Å²) in [5, 5.41) is 16.2. The number of nitriles is 1. The lowest BCUT2D eigenvalue weighted by Gasteiger charge is -2.08. The molecule has 30 heavy (non-hydrogen) atoms. The lowest BCUT2D eigenvalue weighted by molar-refractivity contribution is -0.146. The zero-order valence-electron chi connectivity index (χ0n) is 16.5. The molecule has 0 spiro atoms. The Balaban J connectivity index is 1.59. The lowest BCUT2D eigenvalue weighted by Crippen LogP contribution is -2.21. The Hall–Kier alpha value is -3.63. The molecule has 0 fully saturated rings. The second-order valence-electron chi connectivity index (χ2n) is 6.59. The van der Waals surface area contributed by atoms with Crippen molar-refractivity contribution in [3.05, 3.63) is 76.1 Å². The smallest absolute Gasteiger partial charge is 0.310 e. The molecule has 0 bridgehead atoms. The quantitative estimate of drug-likeness (QED) is 0.610. The predicted molar refractivity (Wildman–Crippen MR) is 112 cm³/mol. The Labute approximate surface area is 178 Å². The number of carbonyl (C=O) groups excluding carboxylic acids is 2. The summed E-state index contributed by atoms with van der Waals surface area (Å²) in [6.45, 7) is 3.29. The van der Waals surface area contributed by atoms with Crippen molar-refractivity contribution in [2.45, 2.75) is 20.3 Å². The van der Waals surface area contributed by atoms with E-state index in [-0.39, 0.29) is 11.4 Å². The minimum Gasteiger partial charge on any atom is -0.455 e. The third kappa shape index (κ3) is 4.85. The summed E-state index contributed by atoms with van der Waals surface area (Å²) >= 11 is 5.94. The van der Waals surface area contributed by atoms with E-state index in [1.165, 1.54) is 12.1 Å². The summed E-state index contributed by atoms with van der Waals surface area (Å²) in [7, 11) is 0. The molecule has 3 rings (SSSR count). The molecule has 0 saturated carbocycles. The first-order valence-electron chi connectivity index (χ1n) is 9.14. The standard InChI is InChI=1S/C22H19ClN4O3/c1-14-19(15(2)27(26-14)18-6-4-3-5-7-18)11-22(29)30-13-21(28)25-17-9-8-16(12-24)20(23)10-17/h3-10H,11,13H2,1-2H3,(H,25,28). The van der Waals surface area contributed by atoms with Gasteiger partial charge in [0, 0.05) is 16.9 Å². The minimum absolute atomic E-state index is 0.0144. The number of carbonyl (C=O) groups is 2. The molecule has 3 aromatic rings. The van der Waals surface area contributed by atoms with Gasteiger partial charge in [-0.25, -0.2) is 4.68 Å². The molecule has 8 heteroatoms. The van der Waals surface area contributed by atoms with Crippen molar-refractivity contribution < 1.29 is 14.3 Å². The van der Waals surface area contributed by atoms with Crippen LogP contribution in [0, 0.1) is 25.2 Å². The molecule has 1 heterocycles. The summed E-state index contributed by atoms with van der Waals surface area (Å²) < 4.78 is 6.88. The molecule has 0 atom stereocenters. The predicted octanol–water partition coefficient (Wildman–Crippen LogP) is 3.74. The van der Waals surface area contributed by atoms with Crippen molar-refractivity contribution in [2.24, 2.45) is 0 Å². The van der Waals surface area contributed by atoms with E-state index in [1.807, 2.05) is 50.2 Å². The molecule has 0 saturated heterocycles. The van der Waals surface area contributed by atoms with Crippen LogP contribution in [0.1, 0.15) is 22.5 Å². The van der Waals surface area contributed by atoms with Gasteiger partial charge < -0.3 is 10.1 Å². The highest BCUT2D eigenvalue weighted by Crippen LogP contribution is 2.20. The van der Waals surface area contributed by atoms with Gasteiger partial charge in [-0.1, -0.05) is 29.8 Å². The van der Waals surface area contributed by atoms with Gasteiger partial charge in [-0.15, -0.1) is 0 Å². The summed E-state index contributed by atoms with van der Waals surface area (Å²) in [5.41, 5.74) is 3.96. The van der Waals surface area contributed by atoms with Crippen molar-refractivity contribution in [2.75, 3.05) is 11.9 Å². The Morgan fingerprint density at radius 1 is 1.20 bits per heavy atom. The molecule has 0 unspecified atom stereocenters. The van der Waals surface area contributed by atoms with E-state index in [1.54, 1.807) is 10.7 Å². The number of para-hydroxylation sites is 1. The highest BCUT2D eigenvalue weighted by Gasteiger charge is 2.17. The van der Waals surface area contributed by atoms with Gasteiger partial charge in [-0.05, 0) is 44.2 Å². The summed E-state index contributed by atoms with van der Waals surface area (Å²) in [4.78, 5) is 24.3. The number of halogens is 1. The van der Waals surface area contributed by atoms with Crippen LogP contribution in [-0.4, -0.2) is 28.3 Å². The van der Waals surface area contributed by atoms with Crippen molar-refractivity contribution in [1.82, 2.24) is 9.78 Å². The summed E-state index contributed by atoms with van der Waals surface area (Å²) in [5.74, 6) is -1.03. The van der Waals surface area contributed by atoms with Crippen molar-refractivity contribution in [3.8, 4) is 11.8 Å². The molecule has 0 aliphatic rings. The van der Waals surface area contributed by atoms with Crippen LogP contribution in [0.15, 0.2) is 48.5 Å². The highest BCUT2D eigenvalue weighted by atomic mass is 35.5. The molecular formula is C22H19ClN4O3. The summed E-state index contributed by atoms with van der Waals surface area (Å²) in [6.07, 6.45) is 0.0144. The molecule has 0 aliphatic heterocycles. The molecular weight excluding hydrogens is 404 g/mol. The first-order valence-corrected chi connectivity index (χ1v) is 9.52. The van der Waals surface area contributed by atoms with E-state index in [0.29, 0.717) is 11.3 Å². The number of nitrogens with zero attached hydrogens (tertiary/aromatic N) is 3. The third-order valence-electron chi connectivity index (χ3n) is 4.50. The van der Waals surface area contributed by atoms with E-state index in [4.69, 9.17) is 21.6 Å². The number of nitrogens with one attached hydrogen (secondary N) is 1. The largest absolute Gasteiger partial charge is 0.455 e. The first-order chi connectivity index (χ1) is 14.4. The number of esters is 1. The Morgan fingerprint density at radius 2 is 1.93 bits per heavy atom. The number of aromatic nitrogens is 2. The second-order valence-corrected chi connectivity index (χ2v) is 7.00. The monoisotopic (exact) mass is 422 g/mol. The number of aryl methyl sites for hydroxylation is 1. The first kappa shape index (κ1) is 21.1. The number of ether oxygens (including phenoxy) is 1. The number of benzene rings is 2. The van der Waals surface area contributed by atoms with Gasteiger partial charge in [0.1, 0.15) is 6.07 Å². The van der Waals surface area contributed by atoms with Gasteiger partial charge in [0.05, 0.1) is 28.4 Å². The van der Waals surface area contributed by atoms with Gasteiger partial charge in [-0.3, -0.25) is 9.59 Å². The molecule has 7 nitrogen and oxygen atoms in total. The fourth-order valence-electron chi connectivity index (χ4n) is 2.97. The van der Waals surface area contributed by atoms with E-state index in [2.05, 4.69) is 10.4 Å². The molecule has 1 N–H and O–H groups in total. The van der Waals surface area contributed by atoms with Gasteiger partial charge in [0.15, 0.2) is 6.61 Å². The van der Waals surface area contributed by atoms with Crippen molar-refractivity contribution in [1.29, 1.82) is 5.26 Å². The van der Waals surface area contributed by atoms with Gasteiger partial charge in [-0.2, -0.15) is 10.4 Å². The number of hydrogen-bond acceptors (Lipinski definition) is 5. The summed E-state index contributed by atoms with van der Waals surface area (Å²) in [6, 6.07) is 16.1. The molecule has 0 radical (unpaired) electrons. The molecule has 2 aromatic carbocycles. The number of rotatable bonds is 6. The van der Waals surface area contributed by atoms with Crippen LogP contribution in [0.3, 0.4) is 0 Å². The number of amides is 1. The third-order valence-corrected chi connectivity index (χ3v) is 4.81. The average molecular weight is 423 g/mol. The Morgan fingerprint density at radius 3 is 2.60 bits per heavy atom. The molecule has 0 aliphatic carbocycles. The van der Waals surface area contributed by atoms with E-state index in [0.717, 1.165) is 22.6 Å². The normalized spacial score (nSPS) is 10.3. The Bertz CT molecular complexity index is 1130. The van der Waals surface area contributed by atoms with Crippen LogP contribution >= 0.6 is 11.6 Å². The van der Waals surface area contributed by atoms with Gasteiger partial charge in [0.2, 0.25) is 0 Å². The molecule has 152 valence electrons. The highest BCUT2D eigenvalue weighted by molar-refractivity contribution is 6.32. The van der Waals surface area contributed by atoms with Crippen LogP contribution in [0.5, 0.6) is 0 Å². The minimum atomic E-state index is -0.526. The molecule has 1 amide bonds. The van der Waals surface area contributed by atoms with Crippen molar-refractivity contribution >= 4 is 29.2 Å². The Kier molecular flexibility index (Phi) is 6.50. The second kappa shape index (κ2) is 9.25. The number of hydrogen-bond donors (Lipinski definition) is 1. The van der Waals surface area contributed by atoms with Gasteiger partial charge >= 0.3 is 5.97 Å². The lowest BCUT2D eigenvalue weighted by atomic mass is 10.1. The van der Waals surface area contributed by atoms with E-state index >= 15 is 0 Å². The topological polar surface area (TPSA) is 97.0 Å². The SMILES string of the molecule is Cc1nn(-c2ccccc2)c(C)c1CC(=O)OCC(=O)Nc1ccc(C#N)c(Cl)c1.